The van der Waals surface area contributed by atoms with E-state index in [1.54, 1.807) is 7.05 Å². The number of urea groups is 1. The molecule has 1 aliphatic heterocycles. The van der Waals surface area contributed by atoms with Gasteiger partial charge in [-0.1, -0.05) is 15.9 Å². The molecule has 0 aromatic heterocycles. The predicted octanol–water partition coefficient (Wildman–Crippen LogP) is 0.840. The molecule has 1 saturated heterocycles. The SMILES string of the molecule is CN1C(=O)N(CCCl)C(=O)C1Br. The highest BCUT2D eigenvalue weighted by Gasteiger charge is 2.40. The van der Waals surface area contributed by atoms with Crippen molar-refractivity contribution in [1.82, 2.24) is 9.80 Å². The fraction of sp³-hybridized carbons (Fsp3) is 0.667. The smallest absolute Gasteiger partial charge is 0.306 e. The maximum absolute atomic E-state index is 11.3. The third-order valence-corrected chi connectivity index (χ3v) is 2.83. The van der Waals surface area contributed by atoms with E-state index in [1.807, 2.05) is 0 Å². The molecule has 0 saturated carbocycles. The van der Waals surface area contributed by atoms with Gasteiger partial charge in [-0.05, 0) is 0 Å². The highest BCUT2D eigenvalue weighted by atomic mass is 79.9. The summed E-state index contributed by atoms with van der Waals surface area (Å²) in [6.45, 7) is 0.270. The zero-order valence-corrected chi connectivity index (χ0v) is 8.80. The Bertz CT molecular complexity index is 204. The van der Waals surface area contributed by atoms with E-state index in [4.69, 9.17) is 11.6 Å². The quantitative estimate of drug-likeness (QED) is 0.417. The first-order valence-electron chi connectivity index (χ1n) is 3.37. The lowest BCUT2D eigenvalue weighted by molar-refractivity contribution is -0.125. The first-order chi connectivity index (χ1) is 5.59. The van der Waals surface area contributed by atoms with E-state index in [0.717, 1.165) is 4.90 Å². The molecule has 0 bridgehead atoms. The minimum absolute atomic E-state index is 0.247. The van der Waals surface area contributed by atoms with Crippen LogP contribution in [-0.4, -0.2) is 46.2 Å². The summed E-state index contributed by atoms with van der Waals surface area (Å²) in [5, 5.41) is 0. The number of alkyl halides is 2. The van der Waals surface area contributed by atoms with E-state index in [9.17, 15) is 9.59 Å². The normalized spacial score (nSPS) is 24.1. The van der Waals surface area contributed by atoms with E-state index in [1.165, 1.54) is 4.90 Å². The molecule has 0 aromatic carbocycles. The van der Waals surface area contributed by atoms with Crippen LogP contribution in [0.25, 0.3) is 0 Å². The molecule has 1 unspecified atom stereocenters. The van der Waals surface area contributed by atoms with Gasteiger partial charge >= 0.3 is 6.03 Å². The molecule has 1 fully saturated rings. The van der Waals surface area contributed by atoms with E-state index < -0.39 is 4.95 Å². The van der Waals surface area contributed by atoms with Crippen molar-refractivity contribution in [2.75, 3.05) is 19.5 Å². The standard InChI is InChI=1S/C6H8BrClN2O2/c1-9-4(7)5(11)10(3-2-8)6(9)12/h4H,2-3H2,1H3. The number of likely N-dealkylation sites (N-methyl/N-ethyl adjacent to an activating group) is 1. The third kappa shape index (κ3) is 1.43. The van der Waals surface area contributed by atoms with Crippen LogP contribution in [0.15, 0.2) is 0 Å². The molecule has 0 aliphatic carbocycles. The maximum Gasteiger partial charge on any atom is 0.327 e. The van der Waals surface area contributed by atoms with Gasteiger partial charge in [0.15, 0.2) is 4.95 Å². The van der Waals surface area contributed by atoms with Crippen molar-refractivity contribution in [2.24, 2.45) is 0 Å². The maximum atomic E-state index is 11.3. The average Bonchev–Trinajstić information content (AvgIpc) is 2.23. The second-order valence-electron chi connectivity index (χ2n) is 2.41. The Morgan fingerprint density at radius 3 is 2.50 bits per heavy atom. The minimum Gasteiger partial charge on any atom is -0.306 e. The first-order valence-corrected chi connectivity index (χ1v) is 4.83. The Kier molecular flexibility index (Phi) is 2.95. The fourth-order valence-electron chi connectivity index (χ4n) is 0.966. The van der Waals surface area contributed by atoms with Crippen LogP contribution >= 0.6 is 27.5 Å². The number of halogens is 2. The molecule has 1 rings (SSSR count). The minimum atomic E-state index is -0.534. The molecule has 0 radical (unpaired) electrons. The lowest BCUT2D eigenvalue weighted by Crippen LogP contribution is -2.33. The van der Waals surface area contributed by atoms with Gasteiger partial charge in [0.25, 0.3) is 5.91 Å². The first kappa shape index (κ1) is 9.80. The van der Waals surface area contributed by atoms with Crippen molar-refractivity contribution in [3.8, 4) is 0 Å². The van der Waals surface area contributed by atoms with Crippen molar-refractivity contribution in [1.29, 1.82) is 0 Å². The van der Waals surface area contributed by atoms with Gasteiger partial charge in [-0.3, -0.25) is 9.69 Å². The van der Waals surface area contributed by atoms with Crippen molar-refractivity contribution in [3.63, 3.8) is 0 Å². The Morgan fingerprint density at radius 1 is 1.58 bits per heavy atom. The molecule has 68 valence electrons. The van der Waals surface area contributed by atoms with Gasteiger partial charge in [-0.15, -0.1) is 11.6 Å². The fourth-order valence-corrected chi connectivity index (χ4v) is 1.56. The van der Waals surface area contributed by atoms with Crippen LogP contribution < -0.4 is 0 Å². The molecule has 1 aliphatic rings. The number of hydrogen-bond acceptors (Lipinski definition) is 2. The summed E-state index contributed by atoms with van der Waals surface area (Å²) in [7, 11) is 1.56. The molecule has 3 amide bonds. The molecule has 0 spiro atoms. The number of carbonyl (C=O) groups excluding carboxylic acids is 2. The number of hydrogen-bond donors (Lipinski definition) is 0. The van der Waals surface area contributed by atoms with Crippen molar-refractivity contribution in [3.05, 3.63) is 0 Å². The number of carbonyl (C=O) groups is 2. The lowest BCUT2D eigenvalue weighted by atomic mass is 10.5. The van der Waals surface area contributed by atoms with Gasteiger partial charge in [-0.25, -0.2) is 4.79 Å². The van der Waals surface area contributed by atoms with Crippen LogP contribution in [0, 0.1) is 0 Å². The summed E-state index contributed by atoms with van der Waals surface area (Å²) in [6.07, 6.45) is 0. The molecule has 4 nitrogen and oxygen atoms in total. The molecular formula is C6H8BrClN2O2. The van der Waals surface area contributed by atoms with E-state index in [2.05, 4.69) is 15.9 Å². The Labute approximate surface area is 83.6 Å². The number of amides is 3. The molecule has 0 N–H and O–H groups in total. The van der Waals surface area contributed by atoms with Crippen LogP contribution in [0.4, 0.5) is 4.79 Å². The van der Waals surface area contributed by atoms with Gasteiger partial charge in [0.05, 0.1) is 0 Å². The Balaban J connectivity index is 2.76. The van der Waals surface area contributed by atoms with E-state index >= 15 is 0 Å². The predicted molar refractivity (Wildman–Crippen MR) is 48.3 cm³/mol. The van der Waals surface area contributed by atoms with Gasteiger partial charge in [0.1, 0.15) is 0 Å². The van der Waals surface area contributed by atoms with Crippen LogP contribution in [0.3, 0.4) is 0 Å². The van der Waals surface area contributed by atoms with Crippen molar-refractivity contribution < 1.29 is 9.59 Å². The number of imide groups is 1. The number of nitrogens with zero attached hydrogens (tertiary/aromatic N) is 2. The third-order valence-electron chi connectivity index (χ3n) is 1.65. The highest BCUT2D eigenvalue weighted by molar-refractivity contribution is 9.10. The highest BCUT2D eigenvalue weighted by Crippen LogP contribution is 2.19. The zero-order chi connectivity index (χ0) is 9.30. The van der Waals surface area contributed by atoms with Gasteiger partial charge < -0.3 is 4.90 Å². The Morgan fingerprint density at radius 2 is 2.17 bits per heavy atom. The average molecular weight is 255 g/mol. The Hall–Kier alpha value is -0.290. The van der Waals surface area contributed by atoms with Crippen LogP contribution in [0.1, 0.15) is 0 Å². The molecule has 0 aromatic rings. The molecule has 1 heterocycles. The van der Waals surface area contributed by atoms with Crippen molar-refractivity contribution >= 4 is 39.5 Å². The summed E-state index contributed by atoms with van der Waals surface area (Å²) >= 11 is 8.52. The molecule has 6 heteroatoms. The molecule has 1 atom stereocenters. The van der Waals surface area contributed by atoms with Gasteiger partial charge in [0.2, 0.25) is 0 Å². The topological polar surface area (TPSA) is 40.6 Å². The summed E-state index contributed by atoms with van der Waals surface area (Å²) in [5.41, 5.74) is 0. The monoisotopic (exact) mass is 254 g/mol. The largest absolute Gasteiger partial charge is 0.327 e. The van der Waals surface area contributed by atoms with Gasteiger partial charge in [-0.2, -0.15) is 0 Å². The molecule has 12 heavy (non-hydrogen) atoms. The summed E-state index contributed by atoms with van der Waals surface area (Å²) < 4.78 is 0. The van der Waals surface area contributed by atoms with Crippen LogP contribution in [-0.2, 0) is 4.79 Å². The second kappa shape index (κ2) is 3.62. The van der Waals surface area contributed by atoms with E-state index in [0.29, 0.717) is 0 Å². The lowest BCUT2D eigenvalue weighted by Gasteiger charge is -2.11. The molecular weight excluding hydrogens is 247 g/mol. The van der Waals surface area contributed by atoms with Crippen LogP contribution in [0.5, 0.6) is 0 Å². The summed E-state index contributed by atoms with van der Waals surface area (Å²) in [6, 6.07) is -0.303. The van der Waals surface area contributed by atoms with Crippen molar-refractivity contribution in [2.45, 2.75) is 4.95 Å². The second-order valence-corrected chi connectivity index (χ2v) is 3.65. The van der Waals surface area contributed by atoms with E-state index in [-0.39, 0.29) is 24.4 Å². The zero-order valence-electron chi connectivity index (χ0n) is 6.46. The summed E-state index contributed by atoms with van der Waals surface area (Å²) in [4.78, 5) is 24.5. The number of rotatable bonds is 2. The van der Waals surface area contributed by atoms with Crippen LogP contribution in [0.2, 0.25) is 0 Å². The summed E-state index contributed by atoms with van der Waals surface area (Å²) in [5.74, 6) is 0.0218. The van der Waals surface area contributed by atoms with Gasteiger partial charge in [0, 0.05) is 19.5 Å².